The van der Waals surface area contributed by atoms with Crippen LogP contribution in [0.4, 0.5) is 4.39 Å². The Bertz CT molecular complexity index is 555. The van der Waals surface area contributed by atoms with Gasteiger partial charge in [-0.3, -0.25) is 4.79 Å². The van der Waals surface area contributed by atoms with Gasteiger partial charge in [-0.2, -0.15) is 10.1 Å². The van der Waals surface area contributed by atoms with E-state index in [0.29, 0.717) is 5.69 Å². The highest BCUT2D eigenvalue weighted by Crippen LogP contribution is 2.07. The van der Waals surface area contributed by atoms with Crippen molar-refractivity contribution in [2.45, 2.75) is 0 Å². The number of halogens is 2. The molecule has 0 aliphatic rings. The molecule has 0 atom stereocenters. The lowest BCUT2D eigenvalue weighted by Gasteiger charge is -2.03. The van der Waals surface area contributed by atoms with Gasteiger partial charge in [0.25, 0.3) is 0 Å². The maximum absolute atomic E-state index is 12.9. The van der Waals surface area contributed by atoms with Gasteiger partial charge in [-0.25, -0.2) is 9.07 Å². The van der Waals surface area contributed by atoms with E-state index >= 15 is 0 Å². The van der Waals surface area contributed by atoms with Crippen LogP contribution < -0.4 is 5.56 Å². The number of nitrogens with zero attached hydrogens (tertiary/aromatic N) is 3. The zero-order valence-electron chi connectivity index (χ0n) is 7.39. The molecule has 0 spiro atoms. The minimum atomic E-state index is -0.456. The maximum Gasteiger partial charge on any atom is 0.306 e. The first-order valence-electron chi connectivity index (χ1n) is 4.04. The van der Waals surface area contributed by atoms with Gasteiger partial charge in [-0.05, 0) is 34.1 Å². The van der Waals surface area contributed by atoms with Gasteiger partial charge >= 0.3 is 5.56 Å². The predicted molar refractivity (Wildman–Crippen MR) is 55.3 cm³/mol. The van der Waals surface area contributed by atoms with E-state index in [1.807, 2.05) is 0 Å². The number of benzene rings is 1. The van der Waals surface area contributed by atoms with Crippen molar-refractivity contribution in [1.82, 2.24) is 14.8 Å². The number of aromatic nitrogens is 3. The summed E-state index contributed by atoms with van der Waals surface area (Å²) in [6.45, 7) is 0. The Kier molecular flexibility index (Phi) is 2.59. The molecule has 0 unspecified atom stereocenters. The molecule has 0 saturated carbocycles. The molecule has 6 heteroatoms. The molecule has 1 aromatic carbocycles. The molecule has 15 heavy (non-hydrogen) atoms. The largest absolute Gasteiger partial charge is 0.306 e. The second kappa shape index (κ2) is 3.90. The minimum absolute atomic E-state index is 0.0919. The number of rotatable bonds is 1. The van der Waals surface area contributed by atoms with E-state index in [4.69, 9.17) is 0 Å². The fourth-order valence-corrected chi connectivity index (χ4v) is 1.34. The average Bonchev–Trinajstić information content (AvgIpc) is 2.22. The van der Waals surface area contributed by atoms with Crippen molar-refractivity contribution in [3.63, 3.8) is 0 Å². The van der Waals surface area contributed by atoms with E-state index in [-0.39, 0.29) is 10.4 Å². The van der Waals surface area contributed by atoms with Crippen molar-refractivity contribution in [3.05, 3.63) is 51.4 Å². The van der Waals surface area contributed by atoms with Crippen LogP contribution in [-0.4, -0.2) is 14.8 Å². The molecule has 4 nitrogen and oxygen atoms in total. The van der Waals surface area contributed by atoms with Gasteiger partial charge in [0.15, 0.2) is 4.60 Å². The smallest absolute Gasteiger partial charge is 0.264 e. The summed E-state index contributed by atoms with van der Waals surface area (Å²) in [4.78, 5) is 14.5. The molecule has 0 bridgehead atoms. The van der Waals surface area contributed by atoms with Gasteiger partial charge < -0.3 is 0 Å². The van der Waals surface area contributed by atoms with Crippen molar-refractivity contribution < 1.29 is 4.39 Å². The second-order valence-corrected chi connectivity index (χ2v) is 3.52. The van der Waals surface area contributed by atoms with Gasteiger partial charge in [-0.15, -0.1) is 0 Å². The topological polar surface area (TPSA) is 47.8 Å². The van der Waals surface area contributed by atoms with Crippen LogP contribution in [0.15, 0.2) is 40.0 Å². The first-order chi connectivity index (χ1) is 7.16. The Hall–Kier alpha value is -1.56. The first-order valence-corrected chi connectivity index (χ1v) is 4.83. The van der Waals surface area contributed by atoms with Crippen LogP contribution in [-0.2, 0) is 0 Å². The predicted octanol–water partition coefficient (Wildman–Crippen LogP) is 1.53. The van der Waals surface area contributed by atoms with E-state index in [1.165, 1.54) is 23.1 Å². The second-order valence-electron chi connectivity index (χ2n) is 2.76. The molecule has 0 saturated heterocycles. The van der Waals surface area contributed by atoms with Gasteiger partial charge in [0.2, 0.25) is 0 Å². The normalized spacial score (nSPS) is 10.3. The molecular weight excluding hydrogens is 265 g/mol. The summed E-state index contributed by atoms with van der Waals surface area (Å²) >= 11 is 2.96. The third-order valence-corrected chi connectivity index (χ3v) is 2.23. The number of hydrogen-bond acceptors (Lipinski definition) is 3. The Morgan fingerprint density at radius 3 is 2.87 bits per heavy atom. The Morgan fingerprint density at radius 1 is 1.40 bits per heavy atom. The highest BCUT2D eigenvalue weighted by atomic mass is 79.9. The van der Waals surface area contributed by atoms with Crippen LogP contribution in [0.25, 0.3) is 5.69 Å². The van der Waals surface area contributed by atoms with Crippen molar-refractivity contribution >= 4 is 15.9 Å². The molecule has 0 aliphatic heterocycles. The van der Waals surface area contributed by atoms with E-state index in [1.54, 1.807) is 12.1 Å². The highest BCUT2D eigenvalue weighted by molar-refractivity contribution is 9.10. The molecule has 0 fully saturated rings. The fraction of sp³-hybridized carbons (Fsp3) is 0. The van der Waals surface area contributed by atoms with Crippen LogP contribution >= 0.6 is 15.9 Å². The quantitative estimate of drug-likeness (QED) is 0.789. The van der Waals surface area contributed by atoms with Crippen molar-refractivity contribution in [1.29, 1.82) is 0 Å². The van der Waals surface area contributed by atoms with Gasteiger partial charge in [0.1, 0.15) is 12.1 Å². The lowest BCUT2D eigenvalue weighted by Crippen LogP contribution is -2.14. The number of hydrogen-bond donors (Lipinski definition) is 0. The molecule has 1 aromatic heterocycles. The van der Waals surface area contributed by atoms with E-state index < -0.39 is 5.56 Å². The molecule has 0 N–H and O–H groups in total. The van der Waals surface area contributed by atoms with Gasteiger partial charge in [0.05, 0.1) is 5.69 Å². The fourth-order valence-electron chi connectivity index (χ4n) is 1.07. The van der Waals surface area contributed by atoms with Crippen LogP contribution in [0.1, 0.15) is 0 Å². The third kappa shape index (κ3) is 2.10. The molecule has 0 amide bonds. The summed E-state index contributed by atoms with van der Waals surface area (Å²) in [5.74, 6) is -0.371. The van der Waals surface area contributed by atoms with Crippen LogP contribution in [0.5, 0.6) is 0 Å². The zero-order chi connectivity index (χ0) is 10.8. The lowest BCUT2D eigenvalue weighted by atomic mass is 10.3. The minimum Gasteiger partial charge on any atom is -0.264 e. The Balaban J connectivity index is 2.55. The molecular formula is C9H5BrFN3O. The highest BCUT2D eigenvalue weighted by Gasteiger charge is 2.02. The molecule has 0 radical (unpaired) electrons. The average molecular weight is 270 g/mol. The summed E-state index contributed by atoms with van der Waals surface area (Å²) in [6.07, 6.45) is 1.24. The summed E-state index contributed by atoms with van der Waals surface area (Å²) in [6, 6.07) is 5.84. The van der Waals surface area contributed by atoms with Crippen LogP contribution in [0, 0.1) is 5.82 Å². The third-order valence-electron chi connectivity index (χ3n) is 1.73. The zero-order valence-corrected chi connectivity index (χ0v) is 8.98. The molecule has 2 rings (SSSR count). The van der Waals surface area contributed by atoms with Crippen molar-refractivity contribution in [2.75, 3.05) is 0 Å². The van der Waals surface area contributed by atoms with E-state index in [0.717, 1.165) is 0 Å². The van der Waals surface area contributed by atoms with Crippen LogP contribution in [0.3, 0.4) is 0 Å². The Labute approximate surface area is 92.5 Å². The SMILES string of the molecule is O=c1ncn(-c2cccc(F)c2)nc1Br. The van der Waals surface area contributed by atoms with Crippen molar-refractivity contribution in [3.8, 4) is 5.69 Å². The maximum atomic E-state index is 12.9. The molecule has 2 aromatic rings. The van der Waals surface area contributed by atoms with Gasteiger partial charge in [0, 0.05) is 0 Å². The van der Waals surface area contributed by atoms with Gasteiger partial charge in [-0.1, -0.05) is 6.07 Å². The van der Waals surface area contributed by atoms with Crippen molar-refractivity contribution in [2.24, 2.45) is 0 Å². The molecule has 0 aliphatic carbocycles. The summed E-state index contributed by atoms with van der Waals surface area (Å²) in [5, 5.41) is 3.88. The van der Waals surface area contributed by atoms with E-state index in [2.05, 4.69) is 26.0 Å². The summed E-state index contributed by atoms with van der Waals surface area (Å²) in [7, 11) is 0. The molecule has 76 valence electrons. The van der Waals surface area contributed by atoms with E-state index in [9.17, 15) is 9.18 Å². The van der Waals surface area contributed by atoms with Crippen LogP contribution in [0.2, 0.25) is 0 Å². The lowest BCUT2D eigenvalue weighted by molar-refractivity contribution is 0.624. The summed E-state index contributed by atoms with van der Waals surface area (Å²) in [5.41, 5.74) is 0.0471. The summed E-state index contributed by atoms with van der Waals surface area (Å²) < 4.78 is 14.3. The monoisotopic (exact) mass is 269 g/mol. The first kappa shape index (κ1) is 9.97. The molecule has 1 heterocycles. The Morgan fingerprint density at radius 2 is 2.20 bits per heavy atom. The standard InChI is InChI=1S/C9H5BrFN3O/c10-8-9(15)12-5-14(13-8)7-3-1-2-6(11)4-7/h1-5H.